The van der Waals surface area contributed by atoms with Gasteiger partial charge in [0, 0.05) is 19.1 Å². The summed E-state index contributed by atoms with van der Waals surface area (Å²) in [7, 11) is 2.27. The van der Waals surface area contributed by atoms with Crippen LogP contribution in [0, 0.1) is 17.8 Å². The van der Waals surface area contributed by atoms with Crippen molar-refractivity contribution in [2.75, 3.05) is 26.7 Å². The molecular weight excluding hydrogens is 172 g/mol. The van der Waals surface area contributed by atoms with Crippen LogP contribution in [-0.2, 0) is 0 Å². The summed E-state index contributed by atoms with van der Waals surface area (Å²) in [5.74, 6) is 2.77. The molecule has 2 heterocycles. The predicted molar refractivity (Wildman–Crippen MR) is 60.3 cm³/mol. The quantitative estimate of drug-likeness (QED) is 0.737. The van der Waals surface area contributed by atoms with Gasteiger partial charge in [-0.25, -0.2) is 0 Å². The van der Waals surface area contributed by atoms with Crippen molar-refractivity contribution in [1.29, 1.82) is 0 Å². The zero-order valence-electron chi connectivity index (χ0n) is 9.79. The molecule has 0 unspecified atom stereocenters. The van der Waals surface area contributed by atoms with Crippen molar-refractivity contribution in [1.82, 2.24) is 10.2 Å². The maximum absolute atomic E-state index is 3.75. The molecule has 1 N–H and O–H groups in total. The summed E-state index contributed by atoms with van der Waals surface area (Å²) in [5.41, 5.74) is 0. The lowest BCUT2D eigenvalue weighted by Crippen LogP contribution is -2.37. The molecule has 0 radical (unpaired) electrons. The van der Waals surface area contributed by atoms with E-state index in [9.17, 15) is 0 Å². The first kappa shape index (κ1) is 10.4. The van der Waals surface area contributed by atoms with E-state index in [1.807, 2.05) is 0 Å². The first-order valence-electron chi connectivity index (χ1n) is 6.18. The molecule has 3 atom stereocenters. The van der Waals surface area contributed by atoms with Gasteiger partial charge in [0.15, 0.2) is 0 Å². The number of fused-ring (bicyclic) bond motifs is 1. The molecule has 2 aliphatic rings. The van der Waals surface area contributed by atoms with E-state index in [4.69, 9.17) is 0 Å². The molecule has 2 heteroatoms. The number of hydrogen-bond donors (Lipinski definition) is 1. The van der Waals surface area contributed by atoms with E-state index in [1.54, 1.807) is 0 Å². The summed E-state index contributed by atoms with van der Waals surface area (Å²) in [6.07, 6.45) is 2.67. The average molecular weight is 196 g/mol. The number of hydrogen-bond acceptors (Lipinski definition) is 2. The van der Waals surface area contributed by atoms with E-state index in [1.165, 1.54) is 32.5 Å². The average Bonchev–Trinajstić information content (AvgIpc) is 2.68. The number of nitrogens with one attached hydrogen (secondary N) is 1. The van der Waals surface area contributed by atoms with Crippen LogP contribution in [0.2, 0.25) is 0 Å². The Morgan fingerprint density at radius 1 is 1.29 bits per heavy atom. The molecule has 14 heavy (non-hydrogen) atoms. The van der Waals surface area contributed by atoms with Gasteiger partial charge in [0.25, 0.3) is 0 Å². The van der Waals surface area contributed by atoms with Crippen LogP contribution in [0.4, 0.5) is 0 Å². The summed E-state index contributed by atoms with van der Waals surface area (Å²) in [6, 6.07) is 0.806. The van der Waals surface area contributed by atoms with Crippen LogP contribution in [0.25, 0.3) is 0 Å². The first-order valence-corrected chi connectivity index (χ1v) is 6.18. The molecule has 0 saturated carbocycles. The molecule has 2 aliphatic heterocycles. The maximum atomic E-state index is 3.75. The molecule has 0 amide bonds. The molecule has 0 bridgehead atoms. The Bertz CT molecular complexity index is 189. The van der Waals surface area contributed by atoms with Gasteiger partial charge in [0.2, 0.25) is 0 Å². The molecule has 0 aromatic carbocycles. The topological polar surface area (TPSA) is 15.3 Å². The predicted octanol–water partition coefficient (Wildman–Crippen LogP) is 1.57. The normalized spacial score (nSPS) is 38.1. The minimum atomic E-state index is 0.806. The Labute approximate surface area is 88.1 Å². The molecule has 2 nitrogen and oxygen atoms in total. The highest BCUT2D eigenvalue weighted by atomic mass is 15.2. The fourth-order valence-corrected chi connectivity index (χ4v) is 3.49. The van der Waals surface area contributed by atoms with Crippen LogP contribution < -0.4 is 5.32 Å². The van der Waals surface area contributed by atoms with Crippen molar-refractivity contribution in [3.05, 3.63) is 0 Å². The summed E-state index contributed by atoms with van der Waals surface area (Å²) in [6.45, 7) is 8.56. The van der Waals surface area contributed by atoms with E-state index >= 15 is 0 Å². The van der Waals surface area contributed by atoms with Crippen LogP contribution >= 0.6 is 0 Å². The van der Waals surface area contributed by atoms with Gasteiger partial charge in [-0.3, -0.25) is 0 Å². The second-order valence-corrected chi connectivity index (χ2v) is 5.16. The monoisotopic (exact) mass is 196 g/mol. The Kier molecular flexibility index (Phi) is 3.13. The van der Waals surface area contributed by atoms with E-state index in [0.717, 1.165) is 23.8 Å². The lowest BCUT2D eigenvalue weighted by Gasteiger charge is -2.26. The largest absolute Gasteiger partial charge is 0.313 e. The lowest BCUT2D eigenvalue weighted by atomic mass is 9.83. The molecule has 2 rings (SSSR count). The number of nitrogens with zero attached hydrogens (tertiary/aromatic N) is 1. The van der Waals surface area contributed by atoms with E-state index in [2.05, 4.69) is 31.1 Å². The molecule has 0 spiro atoms. The van der Waals surface area contributed by atoms with Gasteiger partial charge >= 0.3 is 0 Å². The van der Waals surface area contributed by atoms with Gasteiger partial charge in [-0.2, -0.15) is 0 Å². The van der Waals surface area contributed by atoms with E-state index in [-0.39, 0.29) is 0 Å². The van der Waals surface area contributed by atoms with Gasteiger partial charge in [0.05, 0.1) is 0 Å². The number of likely N-dealkylation sites (tertiary alicyclic amines) is 1. The Balaban J connectivity index is 2.00. The van der Waals surface area contributed by atoms with Crippen molar-refractivity contribution < 1.29 is 0 Å². The SMILES string of the molecule is CCC(CC)[C@@H]1NC[C@H]2CN(C)C[C@H]21. The van der Waals surface area contributed by atoms with Gasteiger partial charge in [0.1, 0.15) is 0 Å². The van der Waals surface area contributed by atoms with Crippen LogP contribution in [-0.4, -0.2) is 37.6 Å². The highest BCUT2D eigenvalue weighted by Crippen LogP contribution is 2.35. The van der Waals surface area contributed by atoms with Crippen molar-refractivity contribution in [2.45, 2.75) is 32.7 Å². The zero-order chi connectivity index (χ0) is 10.1. The zero-order valence-corrected chi connectivity index (χ0v) is 9.79. The van der Waals surface area contributed by atoms with Crippen molar-refractivity contribution >= 4 is 0 Å². The second-order valence-electron chi connectivity index (χ2n) is 5.16. The molecule has 0 aromatic heterocycles. The Hall–Kier alpha value is -0.0800. The van der Waals surface area contributed by atoms with Gasteiger partial charge in [-0.05, 0) is 31.3 Å². The standard InChI is InChI=1S/C12H24N2/c1-4-9(5-2)12-11-8-14(3)7-10(11)6-13-12/h9-13H,4-8H2,1-3H3/t10-,11+,12-/m0/s1. The highest BCUT2D eigenvalue weighted by molar-refractivity contribution is 4.99. The third-order valence-corrected chi connectivity index (χ3v) is 4.31. The van der Waals surface area contributed by atoms with Crippen LogP contribution in [0.5, 0.6) is 0 Å². The second kappa shape index (κ2) is 4.19. The molecule has 0 aliphatic carbocycles. The van der Waals surface area contributed by atoms with Crippen molar-refractivity contribution in [3.8, 4) is 0 Å². The fourth-order valence-electron chi connectivity index (χ4n) is 3.49. The Morgan fingerprint density at radius 2 is 2.00 bits per heavy atom. The summed E-state index contributed by atoms with van der Waals surface area (Å²) in [5, 5.41) is 3.75. The minimum absolute atomic E-state index is 0.806. The van der Waals surface area contributed by atoms with Gasteiger partial charge in [-0.15, -0.1) is 0 Å². The van der Waals surface area contributed by atoms with Gasteiger partial charge < -0.3 is 10.2 Å². The van der Waals surface area contributed by atoms with Crippen LogP contribution in [0.3, 0.4) is 0 Å². The summed E-state index contributed by atoms with van der Waals surface area (Å²) in [4.78, 5) is 2.51. The molecule has 82 valence electrons. The smallest absolute Gasteiger partial charge is 0.0139 e. The van der Waals surface area contributed by atoms with E-state index in [0.29, 0.717) is 0 Å². The molecular formula is C12H24N2. The third-order valence-electron chi connectivity index (χ3n) is 4.31. The summed E-state index contributed by atoms with van der Waals surface area (Å²) >= 11 is 0. The third kappa shape index (κ3) is 1.70. The minimum Gasteiger partial charge on any atom is -0.313 e. The molecule has 2 saturated heterocycles. The number of rotatable bonds is 3. The van der Waals surface area contributed by atoms with Gasteiger partial charge in [-0.1, -0.05) is 26.7 Å². The van der Waals surface area contributed by atoms with Crippen LogP contribution in [0.1, 0.15) is 26.7 Å². The molecule has 2 fully saturated rings. The van der Waals surface area contributed by atoms with Crippen molar-refractivity contribution in [2.24, 2.45) is 17.8 Å². The summed E-state index contributed by atoms with van der Waals surface area (Å²) < 4.78 is 0. The fraction of sp³-hybridized carbons (Fsp3) is 1.00. The maximum Gasteiger partial charge on any atom is 0.0139 e. The highest BCUT2D eigenvalue weighted by Gasteiger charge is 2.43. The van der Waals surface area contributed by atoms with Crippen molar-refractivity contribution in [3.63, 3.8) is 0 Å². The van der Waals surface area contributed by atoms with E-state index < -0.39 is 0 Å². The lowest BCUT2D eigenvalue weighted by molar-refractivity contribution is 0.278. The first-order chi connectivity index (χ1) is 6.76. The Morgan fingerprint density at radius 3 is 2.64 bits per heavy atom. The van der Waals surface area contributed by atoms with Crippen LogP contribution in [0.15, 0.2) is 0 Å². The molecule has 0 aromatic rings.